The number of hydrogen-bond acceptors (Lipinski definition) is 2. The van der Waals surface area contributed by atoms with E-state index in [4.69, 9.17) is 4.74 Å². The second-order valence-electron chi connectivity index (χ2n) is 3.08. The van der Waals surface area contributed by atoms with Gasteiger partial charge in [-0.05, 0) is 12.2 Å². The second kappa shape index (κ2) is 3.09. The summed E-state index contributed by atoms with van der Waals surface area (Å²) < 4.78 is 5.09. The van der Waals surface area contributed by atoms with Crippen LogP contribution in [0.15, 0.2) is 36.1 Å². The van der Waals surface area contributed by atoms with E-state index in [1.165, 1.54) is 0 Å². The first kappa shape index (κ1) is 8.10. The predicted molar refractivity (Wildman–Crippen MR) is 48.8 cm³/mol. The van der Waals surface area contributed by atoms with Crippen LogP contribution in [0.25, 0.3) is 0 Å². The van der Waals surface area contributed by atoms with Crippen LogP contribution in [-0.4, -0.2) is 19.1 Å². The lowest BCUT2D eigenvalue weighted by molar-refractivity contribution is -0.123. The minimum atomic E-state index is -0.184. The smallest absolute Gasteiger partial charge is 0.231 e. The fraction of sp³-hybridized carbons (Fsp3) is 0.300. The molecule has 3 aliphatic rings. The van der Waals surface area contributed by atoms with Crippen molar-refractivity contribution >= 4 is 5.91 Å². The van der Waals surface area contributed by atoms with Gasteiger partial charge in [0.2, 0.25) is 5.91 Å². The lowest BCUT2D eigenvalue weighted by Gasteiger charge is -2.22. The molecule has 2 aliphatic heterocycles. The standard InChI is InChI=1S/C10H11NO2/c1-13-9-5-4-8-3-2-7(6-9)10(12)11-8/h2-8H,1H3,(H,11,12)/b5-4-,9-6+. The summed E-state index contributed by atoms with van der Waals surface area (Å²) in [4.78, 5) is 11.4. The van der Waals surface area contributed by atoms with Crippen LogP contribution in [0.4, 0.5) is 0 Å². The Hall–Kier alpha value is -1.51. The van der Waals surface area contributed by atoms with E-state index in [1.54, 1.807) is 13.2 Å². The third-order valence-corrected chi connectivity index (χ3v) is 2.18. The van der Waals surface area contributed by atoms with Crippen LogP contribution in [0.5, 0.6) is 0 Å². The zero-order chi connectivity index (χ0) is 9.26. The fourth-order valence-electron chi connectivity index (χ4n) is 1.45. The number of nitrogens with one attached hydrogen (secondary N) is 1. The van der Waals surface area contributed by atoms with Gasteiger partial charge in [0, 0.05) is 0 Å². The number of hydrogen-bond donors (Lipinski definition) is 1. The van der Waals surface area contributed by atoms with Crippen molar-refractivity contribution in [3.8, 4) is 0 Å². The lowest BCUT2D eigenvalue weighted by Crippen LogP contribution is -2.40. The minimum Gasteiger partial charge on any atom is -0.497 e. The molecule has 0 aromatic carbocycles. The molecule has 3 nitrogen and oxygen atoms in total. The van der Waals surface area contributed by atoms with Crippen molar-refractivity contribution in [2.45, 2.75) is 6.04 Å². The molecule has 0 radical (unpaired) electrons. The molecule has 0 aromatic heterocycles. The number of methoxy groups -OCH3 is 1. The van der Waals surface area contributed by atoms with Crippen molar-refractivity contribution in [3.63, 3.8) is 0 Å². The summed E-state index contributed by atoms with van der Waals surface area (Å²) in [5.41, 5.74) is 0. The van der Waals surface area contributed by atoms with Crippen molar-refractivity contribution in [1.82, 2.24) is 5.32 Å². The van der Waals surface area contributed by atoms with Gasteiger partial charge in [0.05, 0.1) is 19.1 Å². The van der Waals surface area contributed by atoms with E-state index in [9.17, 15) is 4.79 Å². The number of carbonyl (C=O) groups is 1. The number of allylic oxidation sites excluding steroid dienone is 1. The summed E-state index contributed by atoms with van der Waals surface area (Å²) in [7, 11) is 1.60. The van der Waals surface area contributed by atoms with Crippen molar-refractivity contribution in [2.24, 2.45) is 5.92 Å². The molecule has 3 heteroatoms. The highest BCUT2D eigenvalue weighted by atomic mass is 16.5. The van der Waals surface area contributed by atoms with Crippen molar-refractivity contribution < 1.29 is 9.53 Å². The number of rotatable bonds is 1. The number of fused-ring (bicyclic) bond motifs is 2. The Morgan fingerprint density at radius 2 is 2.23 bits per heavy atom. The van der Waals surface area contributed by atoms with Gasteiger partial charge in [-0.25, -0.2) is 0 Å². The molecule has 1 aliphatic carbocycles. The largest absolute Gasteiger partial charge is 0.497 e. The maximum Gasteiger partial charge on any atom is 0.231 e. The fourth-order valence-corrected chi connectivity index (χ4v) is 1.45. The van der Waals surface area contributed by atoms with Gasteiger partial charge in [-0.1, -0.05) is 18.2 Å². The Morgan fingerprint density at radius 1 is 1.38 bits per heavy atom. The second-order valence-corrected chi connectivity index (χ2v) is 3.08. The summed E-state index contributed by atoms with van der Waals surface area (Å²) in [5, 5.41) is 2.85. The van der Waals surface area contributed by atoms with E-state index in [2.05, 4.69) is 5.32 Å². The highest BCUT2D eigenvalue weighted by Crippen LogP contribution is 2.16. The summed E-state index contributed by atoms with van der Waals surface area (Å²) in [6.45, 7) is 0. The first-order chi connectivity index (χ1) is 6.29. The molecule has 2 atom stereocenters. The van der Waals surface area contributed by atoms with Gasteiger partial charge in [0.15, 0.2) is 0 Å². The highest BCUT2D eigenvalue weighted by Gasteiger charge is 2.22. The lowest BCUT2D eigenvalue weighted by atomic mass is 9.98. The zero-order valence-electron chi connectivity index (χ0n) is 7.36. The first-order valence-corrected chi connectivity index (χ1v) is 4.22. The van der Waals surface area contributed by atoms with Crippen LogP contribution in [0, 0.1) is 5.92 Å². The van der Waals surface area contributed by atoms with Crippen molar-refractivity contribution in [1.29, 1.82) is 0 Å². The van der Waals surface area contributed by atoms with Gasteiger partial charge in [-0.3, -0.25) is 4.79 Å². The molecule has 2 heterocycles. The minimum absolute atomic E-state index is 0.0163. The Bertz CT molecular complexity index is 315. The maximum atomic E-state index is 11.4. The van der Waals surface area contributed by atoms with Gasteiger partial charge < -0.3 is 10.1 Å². The van der Waals surface area contributed by atoms with Crippen LogP contribution in [0.3, 0.4) is 0 Å². The maximum absolute atomic E-state index is 11.4. The molecular formula is C10H11NO2. The van der Waals surface area contributed by atoms with Crippen LogP contribution >= 0.6 is 0 Å². The highest BCUT2D eigenvalue weighted by molar-refractivity contribution is 5.84. The Balaban J connectivity index is 2.36. The van der Waals surface area contributed by atoms with Crippen molar-refractivity contribution in [2.75, 3.05) is 7.11 Å². The van der Waals surface area contributed by atoms with Gasteiger partial charge in [0.1, 0.15) is 5.76 Å². The molecule has 0 saturated heterocycles. The van der Waals surface area contributed by atoms with E-state index < -0.39 is 0 Å². The molecule has 0 spiro atoms. The van der Waals surface area contributed by atoms with Gasteiger partial charge >= 0.3 is 0 Å². The molecule has 0 fully saturated rings. The van der Waals surface area contributed by atoms with E-state index in [1.807, 2.05) is 24.3 Å². The zero-order valence-corrected chi connectivity index (χ0v) is 7.36. The Kier molecular flexibility index (Phi) is 1.93. The van der Waals surface area contributed by atoms with Crippen LogP contribution in [-0.2, 0) is 9.53 Å². The molecule has 1 amide bonds. The molecular weight excluding hydrogens is 166 g/mol. The molecule has 13 heavy (non-hydrogen) atoms. The predicted octanol–water partition coefficient (Wildman–Crippen LogP) is 0.757. The molecule has 2 bridgehead atoms. The van der Waals surface area contributed by atoms with Gasteiger partial charge in [0.25, 0.3) is 0 Å². The third-order valence-electron chi connectivity index (χ3n) is 2.18. The molecule has 3 rings (SSSR count). The van der Waals surface area contributed by atoms with Crippen LogP contribution < -0.4 is 5.32 Å². The summed E-state index contributed by atoms with van der Waals surface area (Å²) >= 11 is 0. The third kappa shape index (κ3) is 1.49. The van der Waals surface area contributed by atoms with E-state index in [0.29, 0.717) is 0 Å². The Labute approximate surface area is 76.8 Å². The molecule has 0 saturated carbocycles. The average molecular weight is 177 g/mol. The van der Waals surface area contributed by atoms with E-state index >= 15 is 0 Å². The van der Waals surface area contributed by atoms with E-state index in [0.717, 1.165) is 5.76 Å². The van der Waals surface area contributed by atoms with Gasteiger partial charge in [-0.15, -0.1) is 0 Å². The van der Waals surface area contributed by atoms with Gasteiger partial charge in [-0.2, -0.15) is 0 Å². The number of ether oxygens (including phenoxy) is 1. The molecule has 68 valence electrons. The quantitative estimate of drug-likeness (QED) is 0.600. The summed E-state index contributed by atoms with van der Waals surface area (Å²) in [6.07, 6.45) is 9.45. The van der Waals surface area contributed by atoms with Crippen molar-refractivity contribution in [3.05, 3.63) is 36.1 Å². The SMILES string of the molecule is COC1=C/C2C=CC(/C=C\1)NC2=O. The average Bonchev–Trinajstić information content (AvgIpc) is 2.09. The number of carbonyl (C=O) groups excluding carboxylic acids is 1. The summed E-state index contributed by atoms with van der Waals surface area (Å²) in [6, 6.07) is 0.0163. The topological polar surface area (TPSA) is 38.3 Å². The monoisotopic (exact) mass is 177 g/mol. The molecule has 0 aromatic rings. The van der Waals surface area contributed by atoms with Crippen LogP contribution in [0.2, 0.25) is 0 Å². The molecule has 2 unspecified atom stereocenters. The van der Waals surface area contributed by atoms with E-state index in [-0.39, 0.29) is 17.9 Å². The van der Waals surface area contributed by atoms with Crippen LogP contribution in [0.1, 0.15) is 0 Å². The summed E-state index contributed by atoms with van der Waals surface area (Å²) in [5.74, 6) is 0.594. The number of amides is 1. The normalized spacial score (nSPS) is 37.0. The Morgan fingerprint density at radius 3 is 2.92 bits per heavy atom. The molecule has 1 N–H and O–H groups in total. The first-order valence-electron chi connectivity index (χ1n) is 4.22.